The highest BCUT2D eigenvalue weighted by atomic mass is 16.7. The number of ether oxygens (including phenoxy) is 4. The number of nitrogens with zero attached hydrogens (tertiary/aromatic N) is 1. The van der Waals surface area contributed by atoms with E-state index in [0.717, 1.165) is 11.3 Å². The largest absolute Gasteiger partial charge is 0.492 e. The molecule has 3 aromatic rings. The molecule has 2 aliphatic heterocycles. The van der Waals surface area contributed by atoms with Crippen LogP contribution in [-0.4, -0.2) is 37.9 Å². The molecular weight excluding hydrogens is 436 g/mol. The Balaban J connectivity index is 1.32. The monoisotopic (exact) mass is 460 g/mol. The van der Waals surface area contributed by atoms with Gasteiger partial charge in [-0.2, -0.15) is 0 Å². The number of hydrogen-bond acceptors (Lipinski definition) is 6. The Morgan fingerprint density at radius 1 is 1.03 bits per heavy atom. The maximum atomic E-state index is 12.9. The lowest BCUT2D eigenvalue weighted by atomic mass is 10.1. The molecule has 3 aromatic carbocycles. The highest BCUT2D eigenvalue weighted by Crippen LogP contribution is 2.37. The second kappa shape index (κ2) is 8.97. The van der Waals surface area contributed by atoms with Crippen LogP contribution in [0.25, 0.3) is 0 Å². The van der Waals surface area contributed by atoms with E-state index in [1.54, 1.807) is 48.2 Å². The summed E-state index contributed by atoms with van der Waals surface area (Å²) in [5.41, 5.74) is 2.70. The van der Waals surface area contributed by atoms with Crippen molar-refractivity contribution in [2.45, 2.75) is 20.0 Å². The molecule has 2 amide bonds. The Morgan fingerprint density at radius 3 is 2.62 bits per heavy atom. The Kier molecular flexibility index (Phi) is 5.71. The highest BCUT2D eigenvalue weighted by molar-refractivity contribution is 6.06. The Labute approximate surface area is 197 Å². The third kappa shape index (κ3) is 4.34. The van der Waals surface area contributed by atoms with Gasteiger partial charge in [0.2, 0.25) is 6.79 Å². The second-order valence-corrected chi connectivity index (χ2v) is 8.12. The average molecular weight is 460 g/mol. The zero-order chi connectivity index (χ0) is 23.7. The molecule has 0 fully saturated rings. The number of rotatable bonds is 6. The standard InChI is InChI=1S/C26H24N2O6/c1-16-3-7-20(8-4-16)31-12-11-28-21-14-19(6-10-22(21)34-17(2)26(28)30)27-25(29)18-5-9-23-24(13-18)33-15-32-23/h3-10,13-14,17H,11-12,15H2,1-2H3,(H,27,29). The van der Waals surface area contributed by atoms with Gasteiger partial charge in [0.25, 0.3) is 11.8 Å². The molecule has 2 aliphatic rings. The van der Waals surface area contributed by atoms with Crippen LogP contribution in [0.3, 0.4) is 0 Å². The summed E-state index contributed by atoms with van der Waals surface area (Å²) in [4.78, 5) is 27.3. The summed E-state index contributed by atoms with van der Waals surface area (Å²) in [7, 11) is 0. The molecular formula is C26H24N2O6. The molecule has 2 heterocycles. The van der Waals surface area contributed by atoms with Crippen molar-refractivity contribution in [3.8, 4) is 23.0 Å². The number of anilines is 2. The zero-order valence-electron chi connectivity index (χ0n) is 18.9. The molecule has 1 unspecified atom stereocenters. The molecule has 174 valence electrons. The summed E-state index contributed by atoms with van der Waals surface area (Å²) in [6, 6.07) is 18.0. The van der Waals surface area contributed by atoms with Gasteiger partial charge < -0.3 is 29.2 Å². The minimum atomic E-state index is -0.610. The van der Waals surface area contributed by atoms with Crippen LogP contribution in [0.4, 0.5) is 11.4 Å². The molecule has 0 bridgehead atoms. The van der Waals surface area contributed by atoms with Gasteiger partial charge in [0, 0.05) is 11.3 Å². The van der Waals surface area contributed by atoms with Crippen LogP contribution in [-0.2, 0) is 4.79 Å². The molecule has 34 heavy (non-hydrogen) atoms. The SMILES string of the molecule is Cc1ccc(OCCN2C(=O)C(C)Oc3ccc(NC(=O)c4ccc5c(c4)OCO5)cc32)cc1. The van der Waals surface area contributed by atoms with Crippen LogP contribution >= 0.6 is 0 Å². The first-order valence-corrected chi connectivity index (χ1v) is 11.0. The lowest BCUT2D eigenvalue weighted by molar-refractivity contribution is -0.125. The minimum absolute atomic E-state index is 0.140. The number of carbonyl (C=O) groups is 2. The van der Waals surface area contributed by atoms with E-state index >= 15 is 0 Å². The van der Waals surface area contributed by atoms with Gasteiger partial charge in [0.1, 0.15) is 18.1 Å². The molecule has 8 nitrogen and oxygen atoms in total. The zero-order valence-corrected chi connectivity index (χ0v) is 18.9. The highest BCUT2D eigenvalue weighted by Gasteiger charge is 2.31. The quantitative estimate of drug-likeness (QED) is 0.594. The lowest BCUT2D eigenvalue weighted by Crippen LogP contribution is -2.46. The van der Waals surface area contributed by atoms with Gasteiger partial charge in [-0.1, -0.05) is 17.7 Å². The van der Waals surface area contributed by atoms with Crippen LogP contribution in [0, 0.1) is 6.92 Å². The maximum Gasteiger partial charge on any atom is 0.267 e. The van der Waals surface area contributed by atoms with Gasteiger partial charge in [-0.15, -0.1) is 0 Å². The summed E-state index contributed by atoms with van der Waals surface area (Å²) >= 11 is 0. The molecule has 8 heteroatoms. The normalized spacial score (nSPS) is 16.0. The molecule has 0 aliphatic carbocycles. The molecule has 0 aromatic heterocycles. The first-order valence-electron chi connectivity index (χ1n) is 11.0. The molecule has 0 saturated carbocycles. The summed E-state index contributed by atoms with van der Waals surface area (Å²) in [6.07, 6.45) is -0.610. The number of hydrogen-bond donors (Lipinski definition) is 1. The van der Waals surface area contributed by atoms with Gasteiger partial charge in [0.15, 0.2) is 17.6 Å². The first-order chi connectivity index (χ1) is 16.5. The van der Waals surface area contributed by atoms with Crippen LogP contribution in [0.2, 0.25) is 0 Å². The van der Waals surface area contributed by atoms with Gasteiger partial charge in [0.05, 0.1) is 12.2 Å². The van der Waals surface area contributed by atoms with E-state index in [4.69, 9.17) is 18.9 Å². The van der Waals surface area contributed by atoms with Crippen molar-refractivity contribution in [1.82, 2.24) is 0 Å². The number of fused-ring (bicyclic) bond motifs is 2. The Morgan fingerprint density at radius 2 is 1.79 bits per heavy atom. The fraction of sp³-hybridized carbons (Fsp3) is 0.231. The predicted molar refractivity (Wildman–Crippen MR) is 126 cm³/mol. The van der Waals surface area contributed by atoms with Crippen molar-refractivity contribution in [1.29, 1.82) is 0 Å². The number of benzene rings is 3. The van der Waals surface area contributed by atoms with E-state index in [1.807, 2.05) is 31.2 Å². The van der Waals surface area contributed by atoms with E-state index in [1.165, 1.54) is 0 Å². The number of carbonyl (C=O) groups excluding carboxylic acids is 2. The number of amides is 2. The fourth-order valence-electron chi connectivity index (χ4n) is 3.85. The molecule has 0 spiro atoms. The maximum absolute atomic E-state index is 12.9. The second-order valence-electron chi connectivity index (χ2n) is 8.12. The van der Waals surface area contributed by atoms with Crippen LogP contribution in [0.15, 0.2) is 60.7 Å². The molecule has 0 radical (unpaired) electrons. The van der Waals surface area contributed by atoms with E-state index in [0.29, 0.717) is 47.3 Å². The van der Waals surface area contributed by atoms with Crippen LogP contribution in [0.1, 0.15) is 22.8 Å². The van der Waals surface area contributed by atoms with Crippen molar-refractivity contribution in [3.63, 3.8) is 0 Å². The van der Waals surface area contributed by atoms with Gasteiger partial charge in [-0.05, 0) is 62.4 Å². The molecule has 0 saturated heterocycles. The topological polar surface area (TPSA) is 86.3 Å². The van der Waals surface area contributed by atoms with Gasteiger partial charge in [-0.3, -0.25) is 9.59 Å². The van der Waals surface area contributed by atoms with E-state index in [-0.39, 0.29) is 18.6 Å². The fourth-order valence-corrected chi connectivity index (χ4v) is 3.85. The van der Waals surface area contributed by atoms with Crippen LogP contribution in [0.5, 0.6) is 23.0 Å². The van der Waals surface area contributed by atoms with Crippen molar-refractivity contribution in [2.24, 2.45) is 0 Å². The lowest BCUT2D eigenvalue weighted by Gasteiger charge is -2.33. The summed E-state index contributed by atoms with van der Waals surface area (Å²) in [5, 5.41) is 2.87. The molecule has 1 atom stereocenters. The minimum Gasteiger partial charge on any atom is -0.492 e. The van der Waals surface area contributed by atoms with Crippen molar-refractivity contribution in [2.75, 3.05) is 30.2 Å². The molecule has 5 rings (SSSR count). The van der Waals surface area contributed by atoms with Gasteiger partial charge >= 0.3 is 0 Å². The third-order valence-corrected chi connectivity index (χ3v) is 5.66. The summed E-state index contributed by atoms with van der Waals surface area (Å²) in [5.74, 6) is 1.99. The average Bonchev–Trinajstić information content (AvgIpc) is 3.31. The van der Waals surface area contributed by atoms with Crippen molar-refractivity contribution >= 4 is 23.2 Å². The van der Waals surface area contributed by atoms with Crippen molar-refractivity contribution in [3.05, 3.63) is 71.8 Å². The third-order valence-electron chi connectivity index (χ3n) is 5.66. The summed E-state index contributed by atoms with van der Waals surface area (Å²) in [6.45, 7) is 4.52. The van der Waals surface area contributed by atoms with E-state index in [2.05, 4.69) is 5.32 Å². The summed E-state index contributed by atoms with van der Waals surface area (Å²) < 4.78 is 22.2. The first kappa shape index (κ1) is 21.6. The number of nitrogens with one attached hydrogen (secondary N) is 1. The smallest absolute Gasteiger partial charge is 0.267 e. The van der Waals surface area contributed by atoms with E-state index in [9.17, 15) is 9.59 Å². The predicted octanol–water partition coefficient (Wildman–Crippen LogP) is 4.17. The van der Waals surface area contributed by atoms with Crippen molar-refractivity contribution < 1.29 is 28.5 Å². The van der Waals surface area contributed by atoms with E-state index < -0.39 is 6.10 Å². The Hall–Kier alpha value is -4.20. The number of aryl methyl sites for hydroxylation is 1. The Bertz CT molecular complexity index is 1240. The van der Waals surface area contributed by atoms with Gasteiger partial charge in [-0.25, -0.2) is 0 Å². The van der Waals surface area contributed by atoms with Crippen LogP contribution < -0.4 is 29.2 Å². The molecule has 1 N–H and O–H groups in total.